The fraction of sp³-hybridized carbons (Fsp3) is 0.385. The fourth-order valence-corrected chi connectivity index (χ4v) is 2.44. The molecule has 5 nitrogen and oxygen atoms in total. The molecule has 1 aliphatic heterocycles. The molecule has 1 aliphatic rings. The first-order valence-corrected chi connectivity index (χ1v) is 6.98. The number of primary amides is 1. The second kappa shape index (κ2) is 6.43. The van der Waals surface area contributed by atoms with Crippen LogP contribution in [0.3, 0.4) is 0 Å². The van der Waals surface area contributed by atoms with Gasteiger partial charge in [-0.1, -0.05) is 23.2 Å². The van der Waals surface area contributed by atoms with Gasteiger partial charge in [-0.3, -0.25) is 14.5 Å². The minimum atomic E-state index is -0.353. The van der Waals surface area contributed by atoms with Gasteiger partial charge < -0.3 is 10.6 Å². The Hall–Kier alpha value is -1.30. The topological polar surface area (TPSA) is 66.6 Å². The maximum atomic E-state index is 12.3. The summed E-state index contributed by atoms with van der Waals surface area (Å²) in [6.45, 7) is 2.62. The standard InChI is InChI=1S/C13H15Cl2N3O2/c14-10-2-1-9(7-11(10)15)13(20)18-5-3-17(4-6-18)8-12(16)19/h1-2,7H,3-6,8H2,(H2,16,19). The van der Waals surface area contributed by atoms with Crippen molar-refractivity contribution in [1.82, 2.24) is 9.80 Å². The van der Waals surface area contributed by atoms with Gasteiger partial charge in [-0.05, 0) is 18.2 Å². The Morgan fingerprint density at radius 1 is 1.10 bits per heavy atom. The molecule has 1 heterocycles. The average molecular weight is 316 g/mol. The van der Waals surface area contributed by atoms with Crippen LogP contribution < -0.4 is 5.73 Å². The summed E-state index contributed by atoms with van der Waals surface area (Å²) in [5.74, 6) is -0.434. The predicted molar refractivity (Wildman–Crippen MR) is 78.0 cm³/mol. The second-order valence-corrected chi connectivity index (χ2v) is 5.48. The lowest BCUT2D eigenvalue weighted by atomic mass is 10.2. The lowest BCUT2D eigenvalue weighted by Crippen LogP contribution is -2.50. The van der Waals surface area contributed by atoms with Crippen LogP contribution in [0.4, 0.5) is 0 Å². The summed E-state index contributed by atoms with van der Waals surface area (Å²) in [7, 11) is 0. The average Bonchev–Trinajstić information content (AvgIpc) is 2.41. The molecule has 0 aliphatic carbocycles. The monoisotopic (exact) mass is 315 g/mol. The van der Waals surface area contributed by atoms with Crippen LogP contribution in [-0.2, 0) is 4.79 Å². The van der Waals surface area contributed by atoms with Crippen LogP contribution in [0.1, 0.15) is 10.4 Å². The summed E-state index contributed by atoms with van der Waals surface area (Å²) in [4.78, 5) is 26.8. The molecule has 0 spiro atoms. The predicted octanol–water partition coefficient (Wildman–Crippen LogP) is 1.24. The van der Waals surface area contributed by atoms with Crippen molar-refractivity contribution in [3.8, 4) is 0 Å². The van der Waals surface area contributed by atoms with Crippen molar-refractivity contribution in [1.29, 1.82) is 0 Å². The van der Waals surface area contributed by atoms with Crippen molar-refractivity contribution in [3.05, 3.63) is 33.8 Å². The highest BCUT2D eigenvalue weighted by Gasteiger charge is 2.23. The van der Waals surface area contributed by atoms with Gasteiger partial charge >= 0.3 is 0 Å². The number of carbonyl (C=O) groups is 2. The van der Waals surface area contributed by atoms with Crippen molar-refractivity contribution >= 4 is 35.0 Å². The highest BCUT2D eigenvalue weighted by Crippen LogP contribution is 2.23. The minimum absolute atomic E-state index is 0.0812. The van der Waals surface area contributed by atoms with Crippen molar-refractivity contribution in [2.45, 2.75) is 0 Å². The van der Waals surface area contributed by atoms with Gasteiger partial charge in [0.2, 0.25) is 5.91 Å². The quantitative estimate of drug-likeness (QED) is 0.912. The number of nitrogens with zero attached hydrogens (tertiary/aromatic N) is 2. The number of carbonyl (C=O) groups excluding carboxylic acids is 2. The molecule has 1 fully saturated rings. The third-order valence-corrected chi connectivity index (χ3v) is 3.94. The Morgan fingerprint density at radius 2 is 1.75 bits per heavy atom. The van der Waals surface area contributed by atoms with Gasteiger partial charge in [-0.25, -0.2) is 0 Å². The Balaban J connectivity index is 1.97. The molecule has 2 rings (SSSR count). The zero-order valence-electron chi connectivity index (χ0n) is 10.8. The number of hydrogen-bond donors (Lipinski definition) is 1. The van der Waals surface area contributed by atoms with E-state index in [1.165, 1.54) is 0 Å². The number of piperazine rings is 1. The van der Waals surface area contributed by atoms with Gasteiger partial charge in [-0.2, -0.15) is 0 Å². The molecule has 0 radical (unpaired) electrons. The summed E-state index contributed by atoms with van der Waals surface area (Å²) in [5.41, 5.74) is 5.67. The van der Waals surface area contributed by atoms with Crippen LogP contribution in [0, 0.1) is 0 Å². The van der Waals surface area contributed by atoms with E-state index >= 15 is 0 Å². The zero-order valence-corrected chi connectivity index (χ0v) is 12.3. The highest BCUT2D eigenvalue weighted by molar-refractivity contribution is 6.42. The van der Waals surface area contributed by atoms with Crippen LogP contribution in [0.25, 0.3) is 0 Å². The maximum absolute atomic E-state index is 12.3. The van der Waals surface area contributed by atoms with E-state index in [4.69, 9.17) is 28.9 Å². The molecule has 0 atom stereocenters. The Kier molecular flexibility index (Phi) is 4.86. The Bertz CT molecular complexity index is 528. The van der Waals surface area contributed by atoms with Crippen LogP contribution in [0.15, 0.2) is 18.2 Å². The number of nitrogens with two attached hydrogens (primary N) is 1. The molecule has 1 aromatic carbocycles. The van der Waals surface area contributed by atoms with Crippen molar-refractivity contribution in [3.63, 3.8) is 0 Å². The molecule has 20 heavy (non-hydrogen) atoms. The number of halogens is 2. The van der Waals surface area contributed by atoms with E-state index in [0.29, 0.717) is 41.8 Å². The SMILES string of the molecule is NC(=O)CN1CCN(C(=O)c2ccc(Cl)c(Cl)c2)CC1. The van der Waals surface area contributed by atoms with Gasteiger partial charge in [0.1, 0.15) is 0 Å². The summed E-state index contributed by atoms with van der Waals surface area (Å²) in [5, 5.41) is 0.791. The van der Waals surface area contributed by atoms with E-state index in [1.54, 1.807) is 23.1 Å². The molecule has 0 unspecified atom stereocenters. The van der Waals surface area contributed by atoms with E-state index in [2.05, 4.69) is 0 Å². The van der Waals surface area contributed by atoms with Crippen LogP contribution >= 0.6 is 23.2 Å². The van der Waals surface area contributed by atoms with E-state index in [1.807, 2.05) is 4.90 Å². The number of hydrogen-bond acceptors (Lipinski definition) is 3. The maximum Gasteiger partial charge on any atom is 0.253 e. The zero-order chi connectivity index (χ0) is 14.7. The van der Waals surface area contributed by atoms with Crippen LogP contribution in [0.2, 0.25) is 10.0 Å². The second-order valence-electron chi connectivity index (χ2n) is 4.66. The minimum Gasteiger partial charge on any atom is -0.369 e. The Morgan fingerprint density at radius 3 is 2.30 bits per heavy atom. The number of amides is 2. The lowest BCUT2D eigenvalue weighted by Gasteiger charge is -2.34. The molecular weight excluding hydrogens is 301 g/mol. The van der Waals surface area contributed by atoms with Crippen molar-refractivity contribution < 1.29 is 9.59 Å². The van der Waals surface area contributed by atoms with E-state index in [0.717, 1.165) is 0 Å². The molecule has 2 N–H and O–H groups in total. The molecule has 108 valence electrons. The van der Waals surface area contributed by atoms with Gasteiger partial charge in [-0.15, -0.1) is 0 Å². The molecule has 0 aromatic heterocycles. The van der Waals surface area contributed by atoms with Gasteiger partial charge in [0.15, 0.2) is 0 Å². The molecule has 1 saturated heterocycles. The van der Waals surface area contributed by atoms with Gasteiger partial charge in [0.25, 0.3) is 5.91 Å². The Labute approximate surface area is 127 Å². The van der Waals surface area contributed by atoms with Crippen molar-refractivity contribution in [2.75, 3.05) is 32.7 Å². The summed E-state index contributed by atoms with van der Waals surface area (Å²) >= 11 is 11.7. The number of benzene rings is 1. The third kappa shape index (κ3) is 3.62. The number of rotatable bonds is 3. The van der Waals surface area contributed by atoms with Crippen molar-refractivity contribution in [2.24, 2.45) is 5.73 Å². The first kappa shape index (κ1) is 15.1. The molecule has 1 aromatic rings. The van der Waals surface area contributed by atoms with Crippen LogP contribution in [0.5, 0.6) is 0 Å². The van der Waals surface area contributed by atoms with Gasteiger partial charge in [0, 0.05) is 31.7 Å². The summed E-state index contributed by atoms with van der Waals surface area (Å²) < 4.78 is 0. The molecule has 0 saturated carbocycles. The molecule has 0 bridgehead atoms. The molecule has 7 heteroatoms. The largest absolute Gasteiger partial charge is 0.369 e. The first-order valence-electron chi connectivity index (χ1n) is 6.22. The van der Waals surface area contributed by atoms with E-state index in [-0.39, 0.29) is 18.4 Å². The lowest BCUT2D eigenvalue weighted by molar-refractivity contribution is -0.119. The van der Waals surface area contributed by atoms with E-state index in [9.17, 15) is 9.59 Å². The molecule has 2 amide bonds. The van der Waals surface area contributed by atoms with E-state index < -0.39 is 0 Å². The van der Waals surface area contributed by atoms with Crippen LogP contribution in [-0.4, -0.2) is 54.3 Å². The summed E-state index contributed by atoms with van der Waals surface area (Å²) in [6, 6.07) is 4.84. The fourth-order valence-electron chi connectivity index (χ4n) is 2.14. The molecular formula is C13H15Cl2N3O2. The normalized spacial score (nSPS) is 16.2. The summed E-state index contributed by atoms with van der Waals surface area (Å²) in [6.07, 6.45) is 0. The smallest absolute Gasteiger partial charge is 0.253 e. The highest BCUT2D eigenvalue weighted by atomic mass is 35.5. The first-order chi connectivity index (χ1) is 9.47. The van der Waals surface area contributed by atoms with Gasteiger partial charge in [0.05, 0.1) is 16.6 Å². The third-order valence-electron chi connectivity index (χ3n) is 3.21.